The lowest BCUT2D eigenvalue weighted by Gasteiger charge is -2.21. The molecular weight excluding hydrogens is 280 g/mol. The third kappa shape index (κ3) is 2.50. The smallest absolute Gasteiger partial charge is 0.355 e. The molecule has 5 heteroatoms. The molecule has 0 saturated carbocycles. The number of hydrogen-bond acceptors (Lipinski definition) is 4. The molecule has 2 heterocycles. The van der Waals surface area contributed by atoms with Gasteiger partial charge in [-0.05, 0) is 25.5 Å². The van der Waals surface area contributed by atoms with Crippen molar-refractivity contribution in [3.8, 4) is 0 Å². The lowest BCUT2D eigenvalue weighted by Crippen LogP contribution is -2.25. The topological polar surface area (TPSA) is 63.7 Å². The van der Waals surface area contributed by atoms with Gasteiger partial charge in [0.2, 0.25) is 0 Å². The average Bonchev–Trinajstić information content (AvgIpc) is 3.16. The molecule has 0 bridgehead atoms. The van der Waals surface area contributed by atoms with Crippen molar-refractivity contribution in [3.05, 3.63) is 59.4 Å². The molecule has 0 fully saturated rings. The summed E-state index contributed by atoms with van der Waals surface area (Å²) in [5, 5.41) is 4.21. The van der Waals surface area contributed by atoms with E-state index >= 15 is 0 Å². The van der Waals surface area contributed by atoms with Crippen LogP contribution in [0.3, 0.4) is 0 Å². The predicted octanol–water partition coefficient (Wildman–Crippen LogP) is 3.23. The molecule has 5 nitrogen and oxygen atoms in total. The van der Waals surface area contributed by atoms with Gasteiger partial charge in [-0.1, -0.05) is 35.5 Å². The number of nitrogens with one attached hydrogen (secondary N) is 1. The first-order chi connectivity index (χ1) is 10.6. The average molecular weight is 298 g/mol. The van der Waals surface area contributed by atoms with E-state index in [-0.39, 0.29) is 5.97 Å². The number of H-pyrrole nitrogens is 1. The van der Waals surface area contributed by atoms with Gasteiger partial charge in [0.15, 0.2) is 5.60 Å². The number of nitrogens with zero attached hydrogens (tertiary/aromatic N) is 1. The third-order valence-electron chi connectivity index (χ3n) is 3.77. The van der Waals surface area contributed by atoms with Gasteiger partial charge in [-0.3, -0.25) is 0 Å². The number of ether oxygens (including phenoxy) is 1. The molecule has 1 N–H and O–H groups in total. The molecule has 1 atom stereocenters. The van der Waals surface area contributed by atoms with E-state index in [1.807, 2.05) is 43.3 Å². The Bertz CT molecular complexity index is 706. The standard InChI is InChI=1S/C17H18N2O3/c1-3-21-16(20)15-13(9-10-18-15)17(2)11-14(19-22-17)12-7-5-4-6-8-12/h4-10,18H,3,11H2,1-2H3. The van der Waals surface area contributed by atoms with Crippen molar-refractivity contribution in [1.82, 2.24) is 4.98 Å². The van der Waals surface area contributed by atoms with Crippen LogP contribution < -0.4 is 0 Å². The minimum atomic E-state index is -0.673. The zero-order valence-corrected chi connectivity index (χ0v) is 12.6. The Morgan fingerprint density at radius 2 is 2.14 bits per heavy atom. The van der Waals surface area contributed by atoms with Crippen molar-refractivity contribution in [1.29, 1.82) is 0 Å². The Kier molecular flexibility index (Phi) is 3.71. The molecule has 3 rings (SSSR count). The highest BCUT2D eigenvalue weighted by molar-refractivity contribution is 6.02. The van der Waals surface area contributed by atoms with E-state index in [0.717, 1.165) is 16.8 Å². The number of benzene rings is 1. The molecule has 2 aromatic rings. The van der Waals surface area contributed by atoms with Crippen molar-refractivity contribution in [3.63, 3.8) is 0 Å². The number of carbonyl (C=O) groups excluding carboxylic acids is 1. The van der Waals surface area contributed by atoms with Crippen LogP contribution in [-0.2, 0) is 15.2 Å². The Hall–Kier alpha value is -2.56. The van der Waals surface area contributed by atoms with Gasteiger partial charge in [-0.25, -0.2) is 4.79 Å². The molecule has 0 spiro atoms. The molecule has 0 aliphatic carbocycles. The Morgan fingerprint density at radius 3 is 2.86 bits per heavy atom. The first-order valence-electron chi connectivity index (χ1n) is 7.29. The number of esters is 1. The Labute approximate surface area is 128 Å². The van der Waals surface area contributed by atoms with E-state index in [1.54, 1.807) is 13.1 Å². The van der Waals surface area contributed by atoms with Crippen molar-refractivity contribution in [2.45, 2.75) is 25.9 Å². The van der Waals surface area contributed by atoms with Crippen LogP contribution in [-0.4, -0.2) is 23.3 Å². The lowest BCUT2D eigenvalue weighted by atomic mass is 9.89. The molecule has 1 aliphatic heterocycles. The first kappa shape index (κ1) is 14.4. The van der Waals surface area contributed by atoms with Gasteiger partial charge in [0.1, 0.15) is 5.69 Å². The summed E-state index contributed by atoms with van der Waals surface area (Å²) >= 11 is 0. The van der Waals surface area contributed by atoms with Crippen molar-refractivity contribution in [2.24, 2.45) is 5.16 Å². The summed E-state index contributed by atoms with van der Waals surface area (Å²) < 4.78 is 5.08. The van der Waals surface area contributed by atoms with Crippen molar-refractivity contribution < 1.29 is 14.4 Å². The van der Waals surface area contributed by atoms with Gasteiger partial charge < -0.3 is 14.6 Å². The molecule has 1 aromatic carbocycles. The number of hydrogen-bond donors (Lipinski definition) is 1. The monoisotopic (exact) mass is 298 g/mol. The van der Waals surface area contributed by atoms with Crippen LogP contribution in [0.2, 0.25) is 0 Å². The number of aromatic nitrogens is 1. The summed E-state index contributed by atoms with van der Waals surface area (Å²) in [6.45, 7) is 4.05. The maximum absolute atomic E-state index is 12.0. The molecule has 1 aliphatic rings. The van der Waals surface area contributed by atoms with Crippen molar-refractivity contribution >= 4 is 11.7 Å². The van der Waals surface area contributed by atoms with Crippen LogP contribution in [0.5, 0.6) is 0 Å². The molecule has 0 amide bonds. The highest BCUT2D eigenvalue weighted by atomic mass is 16.7. The summed E-state index contributed by atoms with van der Waals surface area (Å²) in [4.78, 5) is 20.7. The van der Waals surface area contributed by atoms with Crippen molar-refractivity contribution in [2.75, 3.05) is 6.61 Å². The quantitative estimate of drug-likeness (QED) is 0.881. The fourth-order valence-electron chi connectivity index (χ4n) is 2.65. The van der Waals surface area contributed by atoms with E-state index in [1.165, 1.54) is 0 Å². The van der Waals surface area contributed by atoms with E-state index < -0.39 is 5.60 Å². The second-order valence-corrected chi connectivity index (χ2v) is 5.39. The van der Waals surface area contributed by atoms with Gasteiger partial charge in [0.25, 0.3) is 0 Å². The zero-order valence-electron chi connectivity index (χ0n) is 12.6. The van der Waals surface area contributed by atoms with Crippen LogP contribution in [0.1, 0.15) is 41.9 Å². The third-order valence-corrected chi connectivity index (χ3v) is 3.77. The first-order valence-corrected chi connectivity index (χ1v) is 7.29. The number of oxime groups is 1. The van der Waals surface area contributed by atoms with Crippen LogP contribution in [0.4, 0.5) is 0 Å². The summed E-state index contributed by atoms with van der Waals surface area (Å²) in [5.41, 5.74) is 2.42. The Morgan fingerprint density at radius 1 is 1.36 bits per heavy atom. The SMILES string of the molecule is CCOC(=O)c1[nH]ccc1C1(C)CC(c2ccccc2)=NO1. The summed E-state index contributed by atoms with van der Waals surface area (Å²) in [6.07, 6.45) is 2.32. The van der Waals surface area contributed by atoms with E-state index in [0.29, 0.717) is 18.7 Å². The maximum Gasteiger partial charge on any atom is 0.355 e. The van der Waals surface area contributed by atoms with Crippen LogP contribution in [0.15, 0.2) is 47.8 Å². The number of carbonyl (C=O) groups is 1. The lowest BCUT2D eigenvalue weighted by molar-refractivity contribution is -0.00870. The zero-order chi connectivity index (χ0) is 15.6. The van der Waals surface area contributed by atoms with Gasteiger partial charge >= 0.3 is 5.97 Å². The highest BCUT2D eigenvalue weighted by Crippen LogP contribution is 2.37. The van der Waals surface area contributed by atoms with Crippen LogP contribution in [0, 0.1) is 0 Å². The highest BCUT2D eigenvalue weighted by Gasteiger charge is 2.40. The second kappa shape index (κ2) is 5.67. The van der Waals surface area contributed by atoms with Gasteiger partial charge in [-0.2, -0.15) is 0 Å². The summed E-state index contributed by atoms with van der Waals surface area (Å²) in [5.74, 6) is -0.375. The maximum atomic E-state index is 12.0. The Balaban J connectivity index is 1.85. The molecule has 1 unspecified atom stereocenters. The number of aromatic amines is 1. The fraction of sp³-hybridized carbons (Fsp3) is 0.294. The van der Waals surface area contributed by atoms with Gasteiger partial charge in [0, 0.05) is 18.2 Å². The molecule has 1 aromatic heterocycles. The minimum Gasteiger partial charge on any atom is -0.461 e. The minimum absolute atomic E-state index is 0.334. The second-order valence-electron chi connectivity index (χ2n) is 5.39. The van der Waals surface area contributed by atoms with Crippen LogP contribution >= 0.6 is 0 Å². The number of rotatable bonds is 4. The largest absolute Gasteiger partial charge is 0.461 e. The molecule has 114 valence electrons. The predicted molar refractivity (Wildman–Crippen MR) is 82.8 cm³/mol. The fourth-order valence-corrected chi connectivity index (χ4v) is 2.65. The normalized spacial score (nSPS) is 20.4. The van der Waals surface area contributed by atoms with Crippen LogP contribution in [0.25, 0.3) is 0 Å². The van der Waals surface area contributed by atoms with E-state index in [4.69, 9.17) is 9.57 Å². The molecule has 0 radical (unpaired) electrons. The molecule has 0 saturated heterocycles. The van der Waals surface area contributed by atoms with E-state index in [9.17, 15) is 4.79 Å². The molecule has 22 heavy (non-hydrogen) atoms. The van der Waals surface area contributed by atoms with Gasteiger partial charge in [-0.15, -0.1) is 0 Å². The van der Waals surface area contributed by atoms with E-state index in [2.05, 4.69) is 10.1 Å². The molecular formula is C17H18N2O3. The van der Waals surface area contributed by atoms with Gasteiger partial charge in [0.05, 0.1) is 12.3 Å². The summed E-state index contributed by atoms with van der Waals surface area (Å²) in [6, 6.07) is 11.7. The summed E-state index contributed by atoms with van der Waals surface area (Å²) in [7, 11) is 0.